The molecular weight excluding hydrogens is 517 g/mol. The molecule has 0 bridgehead atoms. The van der Waals surface area contributed by atoms with Crippen LogP contribution in [-0.2, 0) is 19.5 Å². The zero-order chi connectivity index (χ0) is 26.7. The van der Waals surface area contributed by atoms with Gasteiger partial charge in [-0.2, -0.15) is 13.2 Å². The van der Waals surface area contributed by atoms with Crippen molar-refractivity contribution in [3.8, 4) is 0 Å². The molecule has 2 N–H and O–H groups in total. The van der Waals surface area contributed by atoms with Crippen molar-refractivity contribution in [1.82, 2.24) is 24.4 Å². The van der Waals surface area contributed by atoms with Crippen LogP contribution in [0.3, 0.4) is 0 Å². The van der Waals surface area contributed by atoms with Crippen molar-refractivity contribution >= 4 is 38.4 Å². The van der Waals surface area contributed by atoms with Gasteiger partial charge < -0.3 is 15.0 Å². The summed E-state index contributed by atoms with van der Waals surface area (Å²) in [7, 11) is 0. The van der Waals surface area contributed by atoms with Crippen LogP contribution in [0.1, 0.15) is 29.1 Å². The van der Waals surface area contributed by atoms with Crippen molar-refractivity contribution in [3.63, 3.8) is 0 Å². The van der Waals surface area contributed by atoms with Gasteiger partial charge in [0.15, 0.2) is 0 Å². The average molecular weight is 547 g/mol. The highest BCUT2D eigenvalue weighted by atomic mass is 32.1. The first-order chi connectivity index (χ1) is 18.1. The van der Waals surface area contributed by atoms with E-state index in [4.69, 9.17) is 0 Å². The number of anilines is 1. The van der Waals surface area contributed by atoms with Crippen LogP contribution in [0.4, 0.5) is 19.0 Å². The Bertz CT molecular complexity index is 1560. The standard InChI is InChI=1S/C26H29F3N6O2S/c1-16-30-22(19-11-18(12-26(27,28)29)38-23(19)31-16)34-7-5-25(15-34)4-6-33(14-25)13-17-2-3-21-20(10-17)32-24(37)35(21)8-9-36/h2-3,10-11,36H,4-9,12-15H2,1H3,(H,32,37). The molecule has 202 valence electrons. The van der Waals surface area contributed by atoms with Crippen LogP contribution in [0.5, 0.6) is 0 Å². The Labute approximate surface area is 220 Å². The minimum absolute atomic E-state index is 0.0945. The average Bonchev–Trinajstić information content (AvgIpc) is 3.60. The number of aromatic nitrogens is 4. The molecule has 0 aliphatic carbocycles. The Morgan fingerprint density at radius 2 is 1.97 bits per heavy atom. The van der Waals surface area contributed by atoms with Crippen molar-refractivity contribution in [2.75, 3.05) is 37.7 Å². The smallest absolute Gasteiger partial charge is 0.393 e. The molecule has 38 heavy (non-hydrogen) atoms. The van der Waals surface area contributed by atoms with Crippen molar-refractivity contribution in [3.05, 3.63) is 51.0 Å². The van der Waals surface area contributed by atoms with Gasteiger partial charge >= 0.3 is 11.9 Å². The van der Waals surface area contributed by atoms with Gasteiger partial charge in [0.2, 0.25) is 0 Å². The third-order valence-electron chi connectivity index (χ3n) is 7.73. The number of hydrogen-bond donors (Lipinski definition) is 2. The largest absolute Gasteiger partial charge is 0.395 e. The Kier molecular flexibility index (Phi) is 6.23. The summed E-state index contributed by atoms with van der Waals surface area (Å²) in [6, 6.07) is 7.58. The number of halogens is 3. The molecule has 6 rings (SSSR count). The molecule has 1 atom stereocenters. The van der Waals surface area contributed by atoms with E-state index in [-0.39, 0.29) is 29.1 Å². The van der Waals surface area contributed by atoms with Crippen molar-refractivity contribution in [1.29, 1.82) is 0 Å². The fraction of sp³-hybridized carbons (Fsp3) is 0.500. The predicted octanol–water partition coefficient (Wildman–Crippen LogP) is 3.84. The first-order valence-electron chi connectivity index (χ1n) is 12.7. The molecule has 5 heterocycles. The van der Waals surface area contributed by atoms with Gasteiger partial charge in [-0.15, -0.1) is 11.3 Å². The number of aliphatic hydroxyl groups is 1. The molecule has 1 spiro atoms. The van der Waals surface area contributed by atoms with Crippen LogP contribution in [0.15, 0.2) is 29.1 Å². The van der Waals surface area contributed by atoms with Gasteiger partial charge in [0, 0.05) is 36.5 Å². The zero-order valence-electron chi connectivity index (χ0n) is 21.0. The van der Waals surface area contributed by atoms with E-state index >= 15 is 0 Å². The van der Waals surface area contributed by atoms with Crippen LogP contribution >= 0.6 is 11.3 Å². The summed E-state index contributed by atoms with van der Waals surface area (Å²) < 4.78 is 40.5. The number of hydrogen-bond acceptors (Lipinski definition) is 7. The summed E-state index contributed by atoms with van der Waals surface area (Å²) in [5.74, 6) is 1.32. The monoisotopic (exact) mass is 546 g/mol. The molecule has 0 saturated carbocycles. The molecule has 2 aliphatic rings. The van der Waals surface area contributed by atoms with Gasteiger partial charge in [0.1, 0.15) is 16.5 Å². The lowest BCUT2D eigenvalue weighted by Gasteiger charge is -2.25. The summed E-state index contributed by atoms with van der Waals surface area (Å²) in [6.07, 6.45) is -3.15. The number of aliphatic hydroxyl groups excluding tert-OH is 1. The summed E-state index contributed by atoms with van der Waals surface area (Å²) >= 11 is 1.10. The normalized spacial score (nSPS) is 20.6. The van der Waals surface area contributed by atoms with Gasteiger partial charge in [-0.25, -0.2) is 14.8 Å². The van der Waals surface area contributed by atoms with E-state index in [1.165, 1.54) is 0 Å². The fourth-order valence-corrected chi connectivity index (χ4v) is 7.19. The number of benzene rings is 1. The number of imidazole rings is 1. The molecule has 3 aromatic heterocycles. The van der Waals surface area contributed by atoms with Gasteiger partial charge in [0.25, 0.3) is 0 Å². The van der Waals surface area contributed by atoms with Gasteiger partial charge in [-0.3, -0.25) is 9.47 Å². The zero-order valence-corrected chi connectivity index (χ0v) is 21.8. The molecule has 0 amide bonds. The van der Waals surface area contributed by atoms with E-state index in [2.05, 4.69) is 24.8 Å². The van der Waals surface area contributed by atoms with Crippen LogP contribution in [0, 0.1) is 12.3 Å². The lowest BCUT2D eigenvalue weighted by atomic mass is 9.86. The molecule has 12 heteroatoms. The van der Waals surface area contributed by atoms with Crippen molar-refractivity contribution in [2.24, 2.45) is 5.41 Å². The highest BCUT2D eigenvalue weighted by Crippen LogP contribution is 2.43. The number of nitrogens with one attached hydrogen (secondary N) is 1. The molecule has 0 radical (unpaired) electrons. The number of aryl methyl sites for hydroxylation is 1. The van der Waals surface area contributed by atoms with E-state index in [1.54, 1.807) is 17.6 Å². The Morgan fingerprint density at radius 1 is 1.16 bits per heavy atom. The number of aromatic amines is 1. The molecule has 2 fully saturated rings. The third kappa shape index (κ3) is 4.80. The Morgan fingerprint density at radius 3 is 2.76 bits per heavy atom. The van der Waals surface area contributed by atoms with Crippen LogP contribution in [0.25, 0.3) is 21.3 Å². The van der Waals surface area contributed by atoms with E-state index in [9.17, 15) is 23.1 Å². The van der Waals surface area contributed by atoms with Gasteiger partial charge in [-0.1, -0.05) is 6.07 Å². The first-order valence-corrected chi connectivity index (χ1v) is 13.6. The number of thiophene rings is 1. The predicted molar refractivity (Wildman–Crippen MR) is 141 cm³/mol. The van der Waals surface area contributed by atoms with Crippen molar-refractivity contribution < 1.29 is 18.3 Å². The van der Waals surface area contributed by atoms with Gasteiger partial charge in [0.05, 0.1) is 36.0 Å². The molecule has 4 aromatic rings. The van der Waals surface area contributed by atoms with Crippen LogP contribution < -0.4 is 10.6 Å². The Hall–Kier alpha value is -2.96. The topological polar surface area (TPSA) is 90.3 Å². The second kappa shape index (κ2) is 9.35. The molecule has 1 unspecified atom stereocenters. The van der Waals surface area contributed by atoms with Gasteiger partial charge in [-0.05, 0) is 50.1 Å². The van der Waals surface area contributed by atoms with Crippen LogP contribution in [-0.4, -0.2) is 68.5 Å². The van der Waals surface area contributed by atoms with E-state index in [1.807, 2.05) is 18.2 Å². The highest BCUT2D eigenvalue weighted by molar-refractivity contribution is 7.18. The number of likely N-dealkylation sites (tertiary alicyclic amines) is 1. The minimum atomic E-state index is -4.25. The summed E-state index contributed by atoms with van der Waals surface area (Å²) in [5.41, 5.74) is 2.56. The summed E-state index contributed by atoms with van der Waals surface area (Å²) in [4.78, 5) is 29.7. The van der Waals surface area contributed by atoms with E-state index in [0.717, 1.165) is 79.3 Å². The summed E-state index contributed by atoms with van der Waals surface area (Å²) in [6.45, 7) is 6.25. The minimum Gasteiger partial charge on any atom is -0.395 e. The number of H-pyrrole nitrogens is 1. The number of alkyl halides is 3. The molecule has 1 aromatic carbocycles. The molecule has 8 nitrogen and oxygen atoms in total. The fourth-order valence-electron chi connectivity index (χ4n) is 6.09. The maximum atomic E-state index is 13.0. The summed E-state index contributed by atoms with van der Waals surface area (Å²) in [5, 5.41) is 9.95. The second-order valence-corrected chi connectivity index (χ2v) is 11.7. The van der Waals surface area contributed by atoms with Crippen LogP contribution in [0.2, 0.25) is 0 Å². The first kappa shape index (κ1) is 25.3. The number of fused-ring (bicyclic) bond motifs is 2. The Balaban J connectivity index is 1.17. The lowest BCUT2D eigenvalue weighted by molar-refractivity contribution is -0.126. The second-order valence-electron chi connectivity index (χ2n) is 10.6. The number of nitrogens with zero attached hydrogens (tertiary/aromatic N) is 5. The lowest BCUT2D eigenvalue weighted by Crippen LogP contribution is -2.31. The maximum Gasteiger partial charge on any atom is 0.393 e. The van der Waals surface area contributed by atoms with E-state index in [0.29, 0.717) is 16.0 Å². The maximum absolute atomic E-state index is 13.0. The molecular formula is C26H29F3N6O2S. The number of rotatable bonds is 6. The SMILES string of the molecule is Cc1nc(N2CCC3(CCN(Cc4ccc5c(c4)[nH]c(=O)n5CCO)C3)C2)c2cc(CC(F)(F)F)sc2n1. The molecule has 2 saturated heterocycles. The third-order valence-corrected chi connectivity index (χ3v) is 8.76. The van der Waals surface area contributed by atoms with E-state index < -0.39 is 12.6 Å². The highest BCUT2D eigenvalue weighted by Gasteiger charge is 2.44. The quantitative estimate of drug-likeness (QED) is 0.382. The van der Waals surface area contributed by atoms with Crippen molar-refractivity contribution in [2.45, 2.75) is 45.5 Å². The molecule has 2 aliphatic heterocycles.